The quantitative estimate of drug-likeness (QED) is 0.201. The van der Waals surface area contributed by atoms with Gasteiger partial charge >= 0.3 is 0 Å². The highest BCUT2D eigenvalue weighted by Gasteiger charge is 2.27. The topological polar surface area (TPSA) is 82.7 Å². The fourth-order valence-electron chi connectivity index (χ4n) is 2.95. The molecular weight excluding hydrogens is 487 g/mol. The lowest BCUT2D eigenvalue weighted by Gasteiger charge is -2.21. The second-order valence-corrected chi connectivity index (χ2v) is 8.01. The molecule has 0 spiro atoms. The molecule has 0 bridgehead atoms. The second kappa shape index (κ2) is 11.8. The Kier molecular flexibility index (Phi) is 10.5. The zero-order valence-corrected chi connectivity index (χ0v) is 20.6. The Morgan fingerprint density at radius 1 is 1.29 bits per heavy atom. The zero-order chi connectivity index (χ0) is 19.9. The van der Waals surface area contributed by atoms with E-state index in [1.807, 2.05) is 33.8 Å². The number of hydrogen-bond donors (Lipinski definition) is 3. The Morgan fingerprint density at radius 2 is 2.04 bits per heavy atom. The van der Waals surface area contributed by atoms with Crippen LogP contribution >= 0.6 is 35.3 Å². The molecule has 0 amide bonds. The number of unbranched alkanes of at least 4 members (excludes halogenated alkanes) is 1. The third kappa shape index (κ3) is 7.71. The van der Waals surface area contributed by atoms with Crippen molar-refractivity contribution >= 4 is 41.3 Å². The number of furan rings is 1. The number of rotatable bonds is 9. The molecule has 6 nitrogen and oxygen atoms in total. The molecule has 2 rings (SSSR count). The van der Waals surface area contributed by atoms with E-state index in [9.17, 15) is 5.11 Å². The Bertz CT molecular complexity index is 755. The molecule has 2 aromatic rings. The fraction of sp³-hybridized carbons (Fsp3) is 0.600. The molecule has 0 saturated heterocycles. The van der Waals surface area contributed by atoms with E-state index < -0.39 is 5.60 Å². The lowest BCUT2D eigenvalue weighted by Crippen LogP contribution is -2.39. The molecule has 158 valence electrons. The molecule has 28 heavy (non-hydrogen) atoms. The average molecular weight is 520 g/mol. The predicted molar refractivity (Wildman–Crippen MR) is 127 cm³/mol. The molecule has 2 aromatic heterocycles. The summed E-state index contributed by atoms with van der Waals surface area (Å²) >= 11 is 1.73. The van der Waals surface area contributed by atoms with Gasteiger partial charge in [-0.15, -0.1) is 35.3 Å². The molecule has 3 N–H and O–H groups in total. The van der Waals surface area contributed by atoms with Crippen LogP contribution < -0.4 is 10.6 Å². The van der Waals surface area contributed by atoms with Gasteiger partial charge in [0, 0.05) is 29.7 Å². The van der Waals surface area contributed by atoms with Gasteiger partial charge in [0.2, 0.25) is 0 Å². The van der Waals surface area contributed by atoms with Crippen LogP contribution in [0, 0.1) is 20.8 Å². The highest BCUT2D eigenvalue weighted by molar-refractivity contribution is 14.0. The SMILES string of the molecule is CCNC(=NCC(C)(O)c1cc(C)oc1C)NCCCCc1nc(C)cs1.I. The van der Waals surface area contributed by atoms with E-state index in [1.54, 1.807) is 18.3 Å². The summed E-state index contributed by atoms with van der Waals surface area (Å²) in [6, 6.07) is 1.88. The number of hydrogen-bond acceptors (Lipinski definition) is 5. The maximum Gasteiger partial charge on any atom is 0.191 e. The van der Waals surface area contributed by atoms with Crippen LogP contribution in [0.4, 0.5) is 0 Å². The number of aliphatic hydroxyl groups is 1. The number of aryl methyl sites for hydroxylation is 4. The minimum absolute atomic E-state index is 0. The first kappa shape index (κ1) is 24.9. The lowest BCUT2D eigenvalue weighted by atomic mass is 9.96. The van der Waals surface area contributed by atoms with Crippen LogP contribution in [-0.2, 0) is 12.0 Å². The van der Waals surface area contributed by atoms with Crippen molar-refractivity contribution in [1.29, 1.82) is 0 Å². The number of thiazole rings is 1. The van der Waals surface area contributed by atoms with Gasteiger partial charge in [-0.3, -0.25) is 0 Å². The zero-order valence-electron chi connectivity index (χ0n) is 17.5. The van der Waals surface area contributed by atoms with Crippen LogP contribution in [0.1, 0.15) is 54.5 Å². The third-order valence-corrected chi connectivity index (χ3v) is 5.31. The largest absolute Gasteiger partial charge is 0.466 e. The van der Waals surface area contributed by atoms with Crippen molar-refractivity contribution in [2.24, 2.45) is 4.99 Å². The Labute approximate surface area is 189 Å². The fourth-order valence-corrected chi connectivity index (χ4v) is 3.77. The van der Waals surface area contributed by atoms with Crippen molar-refractivity contribution < 1.29 is 9.52 Å². The maximum atomic E-state index is 10.8. The van der Waals surface area contributed by atoms with E-state index in [0.29, 0.717) is 0 Å². The van der Waals surface area contributed by atoms with E-state index in [1.165, 1.54) is 5.01 Å². The van der Waals surface area contributed by atoms with Crippen LogP contribution in [0.5, 0.6) is 0 Å². The van der Waals surface area contributed by atoms with E-state index in [2.05, 4.69) is 26.0 Å². The smallest absolute Gasteiger partial charge is 0.191 e. The molecule has 1 atom stereocenters. The maximum absolute atomic E-state index is 10.8. The van der Waals surface area contributed by atoms with Crippen LogP contribution in [0.25, 0.3) is 0 Å². The summed E-state index contributed by atoms with van der Waals surface area (Å²) in [6.45, 7) is 11.5. The minimum atomic E-state index is -1.06. The number of guanidine groups is 1. The van der Waals surface area contributed by atoms with Gasteiger partial charge in [-0.25, -0.2) is 9.98 Å². The second-order valence-electron chi connectivity index (χ2n) is 7.06. The molecule has 0 aliphatic carbocycles. The molecule has 0 fully saturated rings. The van der Waals surface area contributed by atoms with E-state index in [0.717, 1.165) is 61.1 Å². The number of aliphatic imine (C=N–C) groups is 1. The molecule has 0 aliphatic heterocycles. The van der Waals surface area contributed by atoms with Crippen molar-refractivity contribution in [1.82, 2.24) is 15.6 Å². The number of nitrogens with one attached hydrogen (secondary N) is 2. The molecule has 1 unspecified atom stereocenters. The Hall–Kier alpha value is -1.13. The van der Waals surface area contributed by atoms with Crippen molar-refractivity contribution in [3.05, 3.63) is 39.2 Å². The first-order valence-electron chi connectivity index (χ1n) is 9.55. The van der Waals surface area contributed by atoms with Gasteiger partial charge in [0.15, 0.2) is 5.96 Å². The Morgan fingerprint density at radius 3 is 2.61 bits per heavy atom. The minimum Gasteiger partial charge on any atom is -0.466 e. The number of nitrogens with zero attached hydrogens (tertiary/aromatic N) is 2. The molecule has 0 saturated carbocycles. The molecule has 0 radical (unpaired) electrons. The van der Waals surface area contributed by atoms with E-state index >= 15 is 0 Å². The average Bonchev–Trinajstić information content (AvgIpc) is 3.17. The van der Waals surface area contributed by atoms with Gasteiger partial charge in [0.05, 0.1) is 11.6 Å². The summed E-state index contributed by atoms with van der Waals surface area (Å²) in [5, 5.41) is 20.7. The molecule has 0 aromatic carbocycles. The summed E-state index contributed by atoms with van der Waals surface area (Å²) < 4.78 is 5.54. The molecule has 2 heterocycles. The van der Waals surface area contributed by atoms with Gasteiger partial charge in [-0.05, 0) is 59.9 Å². The monoisotopic (exact) mass is 520 g/mol. The van der Waals surface area contributed by atoms with Crippen LogP contribution in [0.3, 0.4) is 0 Å². The first-order chi connectivity index (χ1) is 12.8. The normalized spacial score (nSPS) is 13.7. The first-order valence-corrected chi connectivity index (χ1v) is 10.4. The highest BCUT2D eigenvalue weighted by atomic mass is 127. The van der Waals surface area contributed by atoms with Gasteiger partial charge in [0.25, 0.3) is 0 Å². The predicted octanol–water partition coefficient (Wildman–Crippen LogP) is 4.06. The summed E-state index contributed by atoms with van der Waals surface area (Å²) in [5.41, 5.74) is 0.829. The van der Waals surface area contributed by atoms with Crippen LogP contribution in [0.15, 0.2) is 20.9 Å². The van der Waals surface area contributed by atoms with Crippen molar-refractivity contribution in [3.8, 4) is 0 Å². The van der Waals surface area contributed by atoms with E-state index in [4.69, 9.17) is 4.42 Å². The molecule has 8 heteroatoms. The third-order valence-electron chi connectivity index (χ3n) is 4.29. The van der Waals surface area contributed by atoms with Crippen LogP contribution in [-0.4, -0.2) is 35.7 Å². The van der Waals surface area contributed by atoms with Gasteiger partial charge in [0.1, 0.15) is 17.1 Å². The van der Waals surface area contributed by atoms with E-state index in [-0.39, 0.29) is 30.5 Å². The summed E-state index contributed by atoms with van der Waals surface area (Å²) in [4.78, 5) is 9.06. The summed E-state index contributed by atoms with van der Waals surface area (Å²) in [6.07, 6.45) is 3.14. The van der Waals surface area contributed by atoms with Gasteiger partial charge < -0.3 is 20.2 Å². The highest BCUT2D eigenvalue weighted by Crippen LogP contribution is 2.27. The standard InChI is InChI=1S/C20H32N4O2S.HI/c1-6-21-19(22-10-8-7-9-18-24-14(2)12-27-18)23-13-20(5,25)17-11-15(3)26-16(17)4;/h11-12,25H,6-10,13H2,1-5H3,(H2,21,22,23);1H. The van der Waals surface area contributed by atoms with Gasteiger partial charge in [-0.1, -0.05) is 0 Å². The van der Waals surface area contributed by atoms with Crippen molar-refractivity contribution in [2.45, 2.75) is 59.5 Å². The summed E-state index contributed by atoms with van der Waals surface area (Å²) in [5.74, 6) is 2.26. The van der Waals surface area contributed by atoms with Crippen LogP contribution in [0.2, 0.25) is 0 Å². The molecular formula is C20H33IN4O2S. The van der Waals surface area contributed by atoms with Crippen molar-refractivity contribution in [3.63, 3.8) is 0 Å². The van der Waals surface area contributed by atoms with Gasteiger partial charge in [-0.2, -0.15) is 0 Å². The number of aromatic nitrogens is 1. The van der Waals surface area contributed by atoms with Crippen molar-refractivity contribution in [2.75, 3.05) is 19.6 Å². The Balaban J connectivity index is 0.00000392. The lowest BCUT2D eigenvalue weighted by molar-refractivity contribution is 0.0657. The number of halogens is 1. The molecule has 0 aliphatic rings. The summed E-state index contributed by atoms with van der Waals surface area (Å²) in [7, 11) is 0.